The minimum absolute atomic E-state index is 0.116. The molecule has 0 aromatic rings. The van der Waals surface area contributed by atoms with E-state index in [0.29, 0.717) is 24.7 Å². The van der Waals surface area contributed by atoms with Gasteiger partial charge < -0.3 is 20.4 Å². The minimum Gasteiger partial charge on any atom is -0.390 e. The Hall–Kier alpha value is -0.160. The molecule has 4 saturated carbocycles. The van der Waals surface area contributed by atoms with Crippen LogP contribution in [0.5, 0.6) is 0 Å². The van der Waals surface area contributed by atoms with Crippen LogP contribution in [0.4, 0.5) is 0 Å². The Bertz CT molecular complexity index is 524. The lowest BCUT2D eigenvalue weighted by Crippen LogP contribution is -2.65. The van der Waals surface area contributed by atoms with Crippen molar-refractivity contribution < 1.29 is 20.4 Å². The lowest BCUT2D eigenvalue weighted by molar-refractivity contribution is -0.236. The smallest absolute Gasteiger partial charge is 0.0836 e. The van der Waals surface area contributed by atoms with Crippen molar-refractivity contribution in [3.05, 3.63) is 0 Å². The minimum atomic E-state index is -0.781. The van der Waals surface area contributed by atoms with E-state index in [0.717, 1.165) is 18.8 Å². The van der Waals surface area contributed by atoms with Crippen LogP contribution in [0.15, 0.2) is 0 Å². The fraction of sp³-hybridized carbons (Fsp3) is 1.00. The van der Waals surface area contributed by atoms with Gasteiger partial charge in [-0.3, -0.25) is 0 Å². The van der Waals surface area contributed by atoms with Gasteiger partial charge in [0.15, 0.2) is 0 Å². The monoisotopic (exact) mass is 352 g/mol. The van der Waals surface area contributed by atoms with Gasteiger partial charge in [0.1, 0.15) is 0 Å². The molecule has 4 aliphatic rings. The van der Waals surface area contributed by atoms with Gasteiger partial charge in [-0.05, 0) is 78.9 Å². The summed E-state index contributed by atoms with van der Waals surface area (Å²) in [6.07, 6.45) is 3.87. The zero-order valence-electron chi connectivity index (χ0n) is 15.9. The maximum Gasteiger partial charge on any atom is 0.0836 e. The van der Waals surface area contributed by atoms with E-state index >= 15 is 0 Å². The second kappa shape index (κ2) is 5.92. The first-order chi connectivity index (χ1) is 11.7. The molecule has 0 aliphatic heterocycles. The largest absolute Gasteiger partial charge is 0.390 e. The number of aliphatic hydroxyl groups is 4. The van der Waals surface area contributed by atoms with Crippen LogP contribution in [0.2, 0.25) is 0 Å². The molecule has 4 nitrogen and oxygen atoms in total. The van der Waals surface area contributed by atoms with E-state index in [9.17, 15) is 20.4 Å². The molecule has 0 amide bonds. The molecule has 25 heavy (non-hydrogen) atoms. The summed E-state index contributed by atoms with van der Waals surface area (Å²) < 4.78 is 0. The molecule has 144 valence electrons. The van der Waals surface area contributed by atoms with E-state index in [1.807, 2.05) is 0 Å². The average molecular weight is 353 g/mol. The van der Waals surface area contributed by atoms with Gasteiger partial charge in [0.2, 0.25) is 0 Å². The fourth-order valence-electron chi connectivity index (χ4n) is 8.07. The third-order valence-corrected chi connectivity index (χ3v) is 9.46. The highest BCUT2D eigenvalue weighted by atomic mass is 16.3. The van der Waals surface area contributed by atoms with Gasteiger partial charge in [0, 0.05) is 0 Å². The van der Waals surface area contributed by atoms with E-state index in [1.54, 1.807) is 0 Å². The van der Waals surface area contributed by atoms with E-state index in [-0.39, 0.29) is 22.7 Å². The van der Waals surface area contributed by atoms with Crippen molar-refractivity contribution in [2.75, 3.05) is 0 Å². The molecule has 0 saturated heterocycles. The standard InChI is InChI=1S/C21H36O4/c1-4-11-5-6-12-17-13(7-8-20(11,12)2)21(3)10-16(23)15(22)9-14(21)18(24)19(17)25/h11-19,22-25H,4-10H2,1-3H3/t11-,12?,13?,14?,15?,16+,17?,18+,19+,20+,21+/m0/s1. The van der Waals surface area contributed by atoms with Gasteiger partial charge in [0.05, 0.1) is 24.4 Å². The Kier molecular flexibility index (Phi) is 4.31. The van der Waals surface area contributed by atoms with Crippen molar-refractivity contribution in [3.8, 4) is 0 Å². The highest BCUT2D eigenvalue weighted by Gasteiger charge is 2.65. The molecular formula is C21H36O4. The first-order valence-corrected chi connectivity index (χ1v) is 10.5. The maximum atomic E-state index is 11.1. The highest BCUT2D eigenvalue weighted by molar-refractivity contribution is 5.14. The summed E-state index contributed by atoms with van der Waals surface area (Å²) in [5.41, 5.74) is 0.0974. The second-order valence-electron chi connectivity index (χ2n) is 10.2. The van der Waals surface area contributed by atoms with Crippen LogP contribution in [0, 0.1) is 40.4 Å². The van der Waals surface area contributed by atoms with Gasteiger partial charge in [-0.2, -0.15) is 0 Å². The predicted octanol–water partition coefficient (Wildman–Crippen LogP) is 2.33. The van der Waals surface area contributed by atoms with Crippen LogP contribution in [0.25, 0.3) is 0 Å². The zero-order chi connectivity index (χ0) is 18.1. The Balaban J connectivity index is 1.71. The first-order valence-electron chi connectivity index (χ1n) is 10.5. The van der Waals surface area contributed by atoms with Crippen LogP contribution in [0.3, 0.4) is 0 Å². The van der Waals surface area contributed by atoms with Gasteiger partial charge in [0.25, 0.3) is 0 Å². The van der Waals surface area contributed by atoms with Gasteiger partial charge >= 0.3 is 0 Å². The van der Waals surface area contributed by atoms with Crippen LogP contribution >= 0.6 is 0 Å². The molecule has 0 bridgehead atoms. The summed E-state index contributed by atoms with van der Waals surface area (Å²) in [6.45, 7) is 6.91. The number of hydrogen-bond donors (Lipinski definition) is 4. The normalized spacial score (nSPS) is 61.3. The van der Waals surface area contributed by atoms with E-state index in [1.165, 1.54) is 19.3 Å². The molecular weight excluding hydrogens is 316 g/mol. The van der Waals surface area contributed by atoms with E-state index < -0.39 is 24.4 Å². The summed E-state index contributed by atoms with van der Waals surface area (Å²) in [7, 11) is 0. The molecule has 0 heterocycles. The quantitative estimate of drug-likeness (QED) is 0.584. The van der Waals surface area contributed by atoms with Crippen LogP contribution in [-0.4, -0.2) is 44.8 Å². The zero-order valence-corrected chi connectivity index (χ0v) is 15.9. The van der Waals surface area contributed by atoms with Crippen molar-refractivity contribution in [1.82, 2.24) is 0 Å². The molecule has 4 fully saturated rings. The molecule has 4 N–H and O–H groups in total. The Labute approximate surface area is 151 Å². The van der Waals surface area contributed by atoms with E-state index in [4.69, 9.17) is 0 Å². The maximum absolute atomic E-state index is 11.1. The summed E-state index contributed by atoms with van der Waals surface area (Å²) in [6, 6.07) is 0. The lowest BCUT2D eigenvalue weighted by Gasteiger charge is -2.64. The van der Waals surface area contributed by atoms with Crippen molar-refractivity contribution >= 4 is 0 Å². The van der Waals surface area contributed by atoms with Crippen LogP contribution in [-0.2, 0) is 0 Å². The SMILES string of the molecule is CC[C@H]1CCC2C3C(CC[C@@]21C)[C@@]1(C)C[C@@H](O)C(O)CC1[C@@H](O)[C@@H]3O. The molecule has 0 spiro atoms. The Morgan fingerprint density at radius 3 is 2.16 bits per heavy atom. The molecule has 4 rings (SSSR count). The van der Waals surface area contributed by atoms with Crippen LogP contribution in [0.1, 0.15) is 65.7 Å². The number of fused-ring (bicyclic) bond motifs is 5. The summed E-state index contributed by atoms with van der Waals surface area (Å²) >= 11 is 0. The van der Waals surface area contributed by atoms with Crippen molar-refractivity contribution in [2.45, 2.75) is 90.1 Å². The number of rotatable bonds is 1. The van der Waals surface area contributed by atoms with Gasteiger partial charge in [-0.25, -0.2) is 0 Å². The van der Waals surface area contributed by atoms with Crippen molar-refractivity contribution in [3.63, 3.8) is 0 Å². The summed E-state index contributed by atoms with van der Waals surface area (Å²) in [5.74, 6) is 1.56. The van der Waals surface area contributed by atoms with Gasteiger partial charge in [-0.1, -0.05) is 27.2 Å². The molecule has 0 aromatic heterocycles. The number of hydrogen-bond acceptors (Lipinski definition) is 4. The number of aliphatic hydroxyl groups excluding tert-OH is 4. The molecule has 5 unspecified atom stereocenters. The first kappa shape index (κ1) is 18.2. The average Bonchev–Trinajstić information content (AvgIpc) is 2.91. The fourth-order valence-corrected chi connectivity index (χ4v) is 8.07. The molecule has 11 atom stereocenters. The van der Waals surface area contributed by atoms with E-state index in [2.05, 4.69) is 20.8 Å². The third-order valence-electron chi connectivity index (χ3n) is 9.46. The predicted molar refractivity (Wildman–Crippen MR) is 95.7 cm³/mol. The Morgan fingerprint density at radius 1 is 0.800 bits per heavy atom. The molecule has 0 aromatic carbocycles. The highest BCUT2D eigenvalue weighted by Crippen LogP contribution is 2.67. The second-order valence-corrected chi connectivity index (χ2v) is 10.2. The third kappa shape index (κ3) is 2.33. The summed E-state index contributed by atoms with van der Waals surface area (Å²) in [5, 5.41) is 42.6. The molecule has 4 heteroatoms. The van der Waals surface area contributed by atoms with Gasteiger partial charge in [-0.15, -0.1) is 0 Å². The Morgan fingerprint density at radius 2 is 1.48 bits per heavy atom. The topological polar surface area (TPSA) is 80.9 Å². The molecule has 0 radical (unpaired) electrons. The van der Waals surface area contributed by atoms with Crippen LogP contribution < -0.4 is 0 Å². The lowest BCUT2D eigenvalue weighted by atomic mass is 9.43. The molecule has 4 aliphatic carbocycles. The summed E-state index contributed by atoms with van der Waals surface area (Å²) in [4.78, 5) is 0. The van der Waals surface area contributed by atoms with Crippen molar-refractivity contribution in [1.29, 1.82) is 0 Å². The van der Waals surface area contributed by atoms with Crippen molar-refractivity contribution in [2.24, 2.45) is 40.4 Å².